The highest BCUT2D eigenvalue weighted by Crippen LogP contribution is 2.27. The third-order valence-electron chi connectivity index (χ3n) is 2.49. The normalized spacial score (nSPS) is 10.2. The van der Waals surface area contributed by atoms with Crippen molar-refractivity contribution in [3.63, 3.8) is 0 Å². The lowest BCUT2D eigenvalue weighted by Gasteiger charge is -2.08. The number of aromatic nitrogens is 1. The van der Waals surface area contributed by atoms with Crippen LogP contribution < -0.4 is 10.5 Å². The zero-order chi connectivity index (χ0) is 12.3. The van der Waals surface area contributed by atoms with E-state index in [1.165, 1.54) is 0 Å². The molecule has 0 aliphatic carbocycles. The molecule has 2 aromatic rings. The Morgan fingerprint density at radius 1 is 1.24 bits per heavy atom. The lowest BCUT2D eigenvalue weighted by Crippen LogP contribution is -1.97. The van der Waals surface area contributed by atoms with Gasteiger partial charge in [-0.25, -0.2) is 4.98 Å². The molecule has 0 saturated carbocycles. The molecule has 4 nitrogen and oxygen atoms in total. The van der Waals surface area contributed by atoms with Crippen LogP contribution in [0.1, 0.15) is 11.1 Å². The molecule has 3 N–H and O–H groups in total. The van der Waals surface area contributed by atoms with Crippen LogP contribution in [0.25, 0.3) is 0 Å². The number of nitrogens with two attached hydrogens (primary N) is 1. The minimum absolute atomic E-state index is 0.0190. The van der Waals surface area contributed by atoms with Gasteiger partial charge in [0.05, 0.1) is 12.3 Å². The highest BCUT2D eigenvalue weighted by atomic mass is 16.5. The minimum atomic E-state index is 0.0190. The second-order valence-corrected chi connectivity index (χ2v) is 3.75. The molecule has 0 bridgehead atoms. The number of nitrogens with zero attached hydrogens (tertiary/aromatic N) is 1. The van der Waals surface area contributed by atoms with Crippen LogP contribution in [0.15, 0.2) is 36.5 Å². The first-order valence-corrected chi connectivity index (χ1v) is 5.29. The summed E-state index contributed by atoms with van der Waals surface area (Å²) in [5.74, 6) is 1.05. The summed E-state index contributed by atoms with van der Waals surface area (Å²) in [7, 11) is 0. The molecular weight excluding hydrogens is 216 g/mol. The molecule has 0 fully saturated rings. The molecule has 0 unspecified atom stereocenters. The Bertz CT molecular complexity index is 509. The molecule has 1 aromatic carbocycles. The molecule has 17 heavy (non-hydrogen) atoms. The predicted octanol–water partition coefficient (Wildman–Crippen LogP) is 2.26. The minimum Gasteiger partial charge on any atom is -0.437 e. The van der Waals surface area contributed by atoms with Crippen molar-refractivity contribution in [1.29, 1.82) is 0 Å². The smallest absolute Gasteiger partial charge is 0.242 e. The van der Waals surface area contributed by atoms with Gasteiger partial charge in [-0.15, -0.1) is 0 Å². The maximum absolute atomic E-state index is 8.93. The van der Waals surface area contributed by atoms with Gasteiger partial charge in [0.1, 0.15) is 5.75 Å². The van der Waals surface area contributed by atoms with Gasteiger partial charge in [0.25, 0.3) is 0 Å². The van der Waals surface area contributed by atoms with E-state index in [4.69, 9.17) is 15.6 Å². The van der Waals surface area contributed by atoms with E-state index in [9.17, 15) is 0 Å². The molecule has 2 rings (SSSR count). The molecule has 4 heteroatoms. The lowest BCUT2D eigenvalue weighted by molar-refractivity contribution is 0.281. The number of nitrogen functional groups attached to an aromatic ring is 1. The summed E-state index contributed by atoms with van der Waals surface area (Å²) >= 11 is 0. The van der Waals surface area contributed by atoms with E-state index >= 15 is 0 Å². The Hall–Kier alpha value is -2.07. The fraction of sp³-hybridized carbons (Fsp3) is 0.154. The number of hydrogen-bond donors (Lipinski definition) is 2. The maximum Gasteiger partial charge on any atom is 0.242 e. The van der Waals surface area contributed by atoms with E-state index in [2.05, 4.69) is 4.98 Å². The average Bonchev–Trinajstić information content (AvgIpc) is 2.36. The van der Waals surface area contributed by atoms with Crippen molar-refractivity contribution >= 4 is 5.69 Å². The first-order chi connectivity index (χ1) is 8.20. The number of hydrogen-bond acceptors (Lipinski definition) is 4. The number of pyridine rings is 1. The van der Waals surface area contributed by atoms with Crippen molar-refractivity contribution in [3.8, 4) is 11.6 Å². The number of aliphatic hydroxyl groups excluding tert-OH is 1. The summed E-state index contributed by atoms with van der Waals surface area (Å²) in [5, 5.41) is 8.93. The number of rotatable bonds is 3. The van der Waals surface area contributed by atoms with Crippen molar-refractivity contribution in [2.24, 2.45) is 0 Å². The predicted molar refractivity (Wildman–Crippen MR) is 65.8 cm³/mol. The van der Waals surface area contributed by atoms with Crippen LogP contribution in [-0.4, -0.2) is 10.1 Å². The average molecular weight is 230 g/mol. The van der Waals surface area contributed by atoms with Crippen LogP contribution in [0, 0.1) is 6.92 Å². The van der Waals surface area contributed by atoms with Crippen LogP contribution in [0.5, 0.6) is 11.6 Å². The molecule has 0 radical (unpaired) electrons. The second kappa shape index (κ2) is 4.84. The summed E-state index contributed by atoms with van der Waals surface area (Å²) in [4.78, 5) is 4.08. The van der Waals surface area contributed by atoms with Crippen LogP contribution in [0.2, 0.25) is 0 Å². The maximum atomic E-state index is 8.93. The van der Waals surface area contributed by atoms with Crippen molar-refractivity contribution in [2.75, 3.05) is 5.73 Å². The largest absolute Gasteiger partial charge is 0.437 e. The number of aliphatic hydroxyl groups is 1. The van der Waals surface area contributed by atoms with Crippen LogP contribution in [0.3, 0.4) is 0 Å². The number of anilines is 1. The van der Waals surface area contributed by atoms with Gasteiger partial charge in [0.2, 0.25) is 5.88 Å². The third kappa shape index (κ3) is 2.54. The molecule has 1 heterocycles. The zero-order valence-corrected chi connectivity index (χ0v) is 9.55. The van der Waals surface area contributed by atoms with Crippen molar-refractivity contribution in [2.45, 2.75) is 13.5 Å². The number of aryl methyl sites for hydroxylation is 1. The molecule has 0 atom stereocenters. The third-order valence-corrected chi connectivity index (χ3v) is 2.49. The number of ether oxygens (including phenoxy) is 1. The van der Waals surface area contributed by atoms with Gasteiger partial charge in [0, 0.05) is 6.20 Å². The summed E-state index contributed by atoms with van der Waals surface area (Å²) < 4.78 is 5.57. The van der Waals surface area contributed by atoms with Crippen LogP contribution in [-0.2, 0) is 6.61 Å². The zero-order valence-electron chi connectivity index (χ0n) is 9.55. The quantitative estimate of drug-likeness (QED) is 0.848. The van der Waals surface area contributed by atoms with Crippen LogP contribution in [0.4, 0.5) is 5.69 Å². The topological polar surface area (TPSA) is 68.4 Å². The van der Waals surface area contributed by atoms with E-state index in [0.717, 1.165) is 11.1 Å². The molecule has 0 amide bonds. The highest BCUT2D eigenvalue weighted by molar-refractivity contribution is 5.55. The summed E-state index contributed by atoms with van der Waals surface area (Å²) in [5.41, 5.74) is 8.17. The van der Waals surface area contributed by atoms with Gasteiger partial charge in [-0.1, -0.05) is 12.1 Å². The molecule has 0 saturated heterocycles. The molecule has 0 spiro atoms. The Labute approximate surface area is 99.7 Å². The molecule has 1 aromatic heterocycles. The Morgan fingerprint density at radius 3 is 2.59 bits per heavy atom. The van der Waals surface area contributed by atoms with Crippen LogP contribution >= 0.6 is 0 Å². The first-order valence-electron chi connectivity index (χ1n) is 5.29. The monoisotopic (exact) mass is 230 g/mol. The fourth-order valence-corrected chi connectivity index (χ4v) is 1.40. The SMILES string of the molecule is Cc1ccnc(Oc2ccc(CO)cc2)c1N. The van der Waals surface area contributed by atoms with Gasteiger partial charge in [-0.05, 0) is 36.2 Å². The van der Waals surface area contributed by atoms with Crippen molar-refractivity contribution < 1.29 is 9.84 Å². The van der Waals surface area contributed by atoms with E-state index in [1.807, 2.05) is 13.0 Å². The summed E-state index contributed by atoms with van der Waals surface area (Å²) in [6.07, 6.45) is 1.66. The first kappa shape index (κ1) is 11.4. The van der Waals surface area contributed by atoms with Gasteiger partial charge < -0.3 is 15.6 Å². The molecular formula is C13H14N2O2. The molecule has 0 aliphatic rings. The van der Waals surface area contributed by atoms with E-state index in [0.29, 0.717) is 17.3 Å². The van der Waals surface area contributed by atoms with Crippen molar-refractivity contribution in [3.05, 3.63) is 47.7 Å². The Balaban J connectivity index is 2.22. The number of benzene rings is 1. The van der Waals surface area contributed by atoms with Gasteiger partial charge in [-0.3, -0.25) is 0 Å². The Morgan fingerprint density at radius 2 is 1.94 bits per heavy atom. The van der Waals surface area contributed by atoms with Gasteiger partial charge in [0.15, 0.2) is 0 Å². The molecule has 0 aliphatic heterocycles. The van der Waals surface area contributed by atoms with Gasteiger partial charge in [-0.2, -0.15) is 0 Å². The van der Waals surface area contributed by atoms with Gasteiger partial charge >= 0.3 is 0 Å². The fourth-order valence-electron chi connectivity index (χ4n) is 1.40. The van der Waals surface area contributed by atoms with E-state index < -0.39 is 0 Å². The van der Waals surface area contributed by atoms with E-state index in [1.54, 1.807) is 30.5 Å². The molecule has 88 valence electrons. The summed E-state index contributed by atoms with van der Waals surface area (Å²) in [6.45, 7) is 1.92. The highest BCUT2D eigenvalue weighted by Gasteiger charge is 2.05. The standard InChI is InChI=1S/C13H14N2O2/c1-9-6-7-15-13(12(9)14)17-11-4-2-10(8-16)3-5-11/h2-7,16H,8,14H2,1H3. The summed E-state index contributed by atoms with van der Waals surface area (Å²) in [6, 6.07) is 8.96. The van der Waals surface area contributed by atoms with Crippen molar-refractivity contribution in [1.82, 2.24) is 4.98 Å². The lowest BCUT2D eigenvalue weighted by atomic mass is 10.2. The second-order valence-electron chi connectivity index (χ2n) is 3.75. The Kier molecular flexibility index (Phi) is 3.25. The van der Waals surface area contributed by atoms with E-state index in [-0.39, 0.29) is 6.61 Å².